The molecule has 0 aliphatic rings. The quantitative estimate of drug-likeness (QED) is 0.362. The normalized spacial score (nSPS) is 11.2. The van der Waals surface area contributed by atoms with Gasteiger partial charge in [-0.1, -0.05) is 72.3 Å². The number of rotatable bonds is 7. The Hall–Kier alpha value is -3.08. The number of benzene rings is 3. The molecule has 152 valence electrons. The second-order valence-corrected chi connectivity index (χ2v) is 7.60. The third-order valence-electron chi connectivity index (χ3n) is 4.99. The SMILES string of the molecule is COc1cc2oc(=O)cc(CN(Cc3ccccc3)Cc3ccccc3)c2cc1Cl. The molecule has 4 rings (SSSR count). The molecule has 0 amide bonds. The van der Waals surface area contributed by atoms with Gasteiger partial charge >= 0.3 is 5.63 Å². The van der Waals surface area contributed by atoms with Crippen LogP contribution < -0.4 is 10.4 Å². The van der Waals surface area contributed by atoms with Crippen molar-refractivity contribution in [1.29, 1.82) is 0 Å². The van der Waals surface area contributed by atoms with E-state index in [1.54, 1.807) is 18.2 Å². The summed E-state index contributed by atoms with van der Waals surface area (Å²) in [6, 6.07) is 25.6. The molecule has 4 aromatic rings. The fraction of sp³-hybridized carbons (Fsp3) is 0.160. The highest BCUT2D eigenvalue weighted by atomic mass is 35.5. The molecule has 0 saturated heterocycles. The lowest BCUT2D eigenvalue weighted by atomic mass is 10.1. The molecule has 0 atom stereocenters. The fourth-order valence-corrected chi connectivity index (χ4v) is 3.85. The smallest absolute Gasteiger partial charge is 0.336 e. The van der Waals surface area contributed by atoms with Crippen molar-refractivity contribution in [3.05, 3.63) is 111 Å². The van der Waals surface area contributed by atoms with Crippen LogP contribution in [0.5, 0.6) is 5.75 Å². The van der Waals surface area contributed by atoms with Crippen molar-refractivity contribution in [3.63, 3.8) is 0 Å². The van der Waals surface area contributed by atoms with Crippen molar-refractivity contribution < 1.29 is 9.15 Å². The highest BCUT2D eigenvalue weighted by Crippen LogP contribution is 2.31. The summed E-state index contributed by atoms with van der Waals surface area (Å²) < 4.78 is 10.7. The lowest BCUT2D eigenvalue weighted by Crippen LogP contribution is -2.23. The number of hydrogen-bond donors (Lipinski definition) is 0. The van der Waals surface area contributed by atoms with E-state index in [4.69, 9.17) is 20.8 Å². The highest BCUT2D eigenvalue weighted by molar-refractivity contribution is 6.32. The van der Waals surface area contributed by atoms with Crippen molar-refractivity contribution >= 4 is 22.6 Å². The Morgan fingerprint density at radius 3 is 2.03 bits per heavy atom. The minimum atomic E-state index is -0.388. The number of methoxy groups -OCH3 is 1. The Balaban J connectivity index is 1.72. The molecular formula is C25H22ClNO3. The van der Waals surface area contributed by atoms with Crippen LogP contribution in [0.3, 0.4) is 0 Å². The summed E-state index contributed by atoms with van der Waals surface area (Å²) in [7, 11) is 1.54. The van der Waals surface area contributed by atoms with Gasteiger partial charge in [0.25, 0.3) is 0 Å². The number of nitrogens with zero attached hydrogens (tertiary/aromatic N) is 1. The average Bonchev–Trinajstić information content (AvgIpc) is 2.75. The predicted molar refractivity (Wildman–Crippen MR) is 120 cm³/mol. The van der Waals surface area contributed by atoms with E-state index in [9.17, 15) is 4.79 Å². The van der Waals surface area contributed by atoms with Crippen molar-refractivity contribution in [3.8, 4) is 5.75 Å². The van der Waals surface area contributed by atoms with Crippen LogP contribution in [0.2, 0.25) is 5.02 Å². The van der Waals surface area contributed by atoms with Crippen LogP contribution in [0.1, 0.15) is 16.7 Å². The first-order valence-electron chi connectivity index (χ1n) is 9.73. The summed E-state index contributed by atoms with van der Waals surface area (Å²) >= 11 is 6.35. The molecule has 0 bridgehead atoms. The maximum absolute atomic E-state index is 12.2. The fourth-order valence-electron chi connectivity index (χ4n) is 3.61. The minimum Gasteiger partial charge on any atom is -0.495 e. The lowest BCUT2D eigenvalue weighted by Gasteiger charge is -2.23. The summed E-state index contributed by atoms with van der Waals surface area (Å²) in [6.45, 7) is 2.08. The predicted octanol–water partition coefficient (Wildman–Crippen LogP) is 5.66. The van der Waals surface area contributed by atoms with Gasteiger partial charge < -0.3 is 9.15 Å². The topological polar surface area (TPSA) is 42.7 Å². The molecule has 0 spiro atoms. The third kappa shape index (κ3) is 4.73. The molecule has 0 unspecified atom stereocenters. The van der Waals surface area contributed by atoms with Crippen molar-refractivity contribution in [2.24, 2.45) is 0 Å². The summed E-state index contributed by atoms with van der Waals surface area (Å²) in [6.07, 6.45) is 0. The van der Waals surface area contributed by atoms with Crippen LogP contribution in [0.15, 0.2) is 88.1 Å². The van der Waals surface area contributed by atoms with Gasteiger partial charge in [-0.2, -0.15) is 0 Å². The highest BCUT2D eigenvalue weighted by Gasteiger charge is 2.15. The van der Waals surface area contributed by atoms with Crippen molar-refractivity contribution in [1.82, 2.24) is 4.90 Å². The van der Waals surface area contributed by atoms with Crippen molar-refractivity contribution in [2.45, 2.75) is 19.6 Å². The molecule has 5 heteroatoms. The van der Waals surface area contributed by atoms with E-state index < -0.39 is 0 Å². The van der Waals surface area contributed by atoms with Gasteiger partial charge in [0.15, 0.2) is 0 Å². The largest absolute Gasteiger partial charge is 0.495 e. The van der Waals surface area contributed by atoms with Gasteiger partial charge in [0.1, 0.15) is 11.3 Å². The Morgan fingerprint density at radius 2 is 1.47 bits per heavy atom. The second kappa shape index (κ2) is 9.16. The summed E-state index contributed by atoms with van der Waals surface area (Å²) in [5.74, 6) is 0.481. The van der Waals surface area contributed by atoms with Gasteiger partial charge in [0.2, 0.25) is 0 Å². The first kappa shape index (κ1) is 20.2. The number of halogens is 1. The van der Waals surface area contributed by atoms with Crippen LogP contribution in [0, 0.1) is 0 Å². The Bertz CT molecular complexity index is 1150. The van der Waals surface area contributed by atoms with Gasteiger partial charge in [-0.3, -0.25) is 4.90 Å². The molecule has 0 saturated carbocycles. The minimum absolute atomic E-state index is 0.388. The van der Waals surface area contributed by atoms with E-state index in [0.717, 1.165) is 24.0 Å². The van der Waals surface area contributed by atoms with E-state index in [0.29, 0.717) is 22.9 Å². The molecule has 0 radical (unpaired) electrons. The molecule has 0 aliphatic carbocycles. The first-order valence-corrected chi connectivity index (χ1v) is 10.1. The van der Waals surface area contributed by atoms with Crippen LogP contribution in [0.25, 0.3) is 11.0 Å². The van der Waals surface area contributed by atoms with E-state index >= 15 is 0 Å². The zero-order valence-electron chi connectivity index (χ0n) is 16.7. The maximum atomic E-state index is 12.2. The monoisotopic (exact) mass is 419 g/mol. The lowest BCUT2D eigenvalue weighted by molar-refractivity contribution is 0.248. The molecule has 1 heterocycles. The molecule has 0 fully saturated rings. The zero-order chi connectivity index (χ0) is 20.9. The number of fused-ring (bicyclic) bond motifs is 1. The molecule has 30 heavy (non-hydrogen) atoms. The third-order valence-corrected chi connectivity index (χ3v) is 5.29. The molecular weight excluding hydrogens is 398 g/mol. The van der Waals surface area contributed by atoms with Gasteiger partial charge in [-0.25, -0.2) is 4.79 Å². The van der Waals surface area contributed by atoms with Crippen LogP contribution in [-0.2, 0) is 19.6 Å². The zero-order valence-corrected chi connectivity index (χ0v) is 17.4. The van der Waals surface area contributed by atoms with E-state index in [1.165, 1.54) is 18.2 Å². The molecule has 3 aromatic carbocycles. The van der Waals surface area contributed by atoms with Crippen LogP contribution in [-0.4, -0.2) is 12.0 Å². The van der Waals surface area contributed by atoms with E-state index in [-0.39, 0.29) is 5.63 Å². The number of ether oxygens (including phenoxy) is 1. The Labute approximate surface area is 180 Å². The average molecular weight is 420 g/mol. The molecule has 4 nitrogen and oxygen atoms in total. The van der Waals surface area contributed by atoms with Crippen molar-refractivity contribution in [2.75, 3.05) is 7.11 Å². The van der Waals surface area contributed by atoms with Gasteiger partial charge in [-0.15, -0.1) is 0 Å². The van der Waals surface area contributed by atoms with E-state index in [1.807, 2.05) is 36.4 Å². The number of hydrogen-bond acceptors (Lipinski definition) is 4. The second-order valence-electron chi connectivity index (χ2n) is 7.19. The van der Waals surface area contributed by atoms with Gasteiger partial charge in [0.05, 0.1) is 12.1 Å². The Kier molecular flexibility index (Phi) is 6.17. The van der Waals surface area contributed by atoms with Crippen LogP contribution in [0.4, 0.5) is 0 Å². The summed E-state index contributed by atoms with van der Waals surface area (Å²) in [5.41, 5.74) is 3.37. The standard InChI is InChI=1S/C25H22ClNO3/c1-29-24-14-23-21(13-22(24)26)20(12-25(28)30-23)17-27(15-18-8-4-2-5-9-18)16-19-10-6-3-7-11-19/h2-14H,15-17H2,1H3. The molecule has 0 aliphatic heterocycles. The summed E-state index contributed by atoms with van der Waals surface area (Å²) in [4.78, 5) is 14.5. The van der Waals surface area contributed by atoms with E-state index in [2.05, 4.69) is 29.2 Å². The first-order chi connectivity index (χ1) is 14.6. The molecule has 0 N–H and O–H groups in total. The Morgan fingerprint density at radius 1 is 0.867 bits per heavy atom. The summed E-state index contributed by atoms with van der Waals surface area (Å²) in [5, 5.41) is 1.30. The molecule has 1 aromatic heterocycles. The maximum Gasteiger partial charge on any atom is 0.336 e. The van der Waals surface area contributed by atoms with Gasteiger partial charge in [-0.05, 0) is 22.8 Å². The van der Waals surface area contributed by atoms with Gasteiger partial charge in [0, 0.05) is 37.2 Å². The van der Waals surface area contributed by atoms with Crippen LogP contribution >= 0.6 is 11.6 Å².